The highest BCUT2D eigenvalue weighted by Gasteiger charge is 2.38. The molecule has 0 bridgehead atoms. The third-order valence-corrected chi connectivity index (χ3v) is 1.71. The Balaban J connectivity index is 2.59. The van der Waals surface area contributed by atoms with Crippen LogP contribution < -0.4 is 5.32 Å². The van der Waals surface area contributed by atoms with Gasteiger partial charge in [-0.05, 0) is 0 Å². The number of halogens is 4. The second-order valence-corrected chi connectivity index (χ2v) is 2.83. The number of rotatable bonds is 2. The normalized spacial score (nSPS) is 11.2. The fraction of sp³-hybridized carbons (Fsp3) is 0.286. The summed E-state index contributed by atoms with van der Waals surface area (Å²) < 4.78 is 35.3. The zero-order valence-electron chi connectivity index (χ0n) is 7.18. The minimum absolute atomic E-state index is 0.0417. The Bertz CT molecular complexity index is 369. The second-order valence-electron chi connectivity index (χ2n) is 2.47. The van der Waals surface area contributed by atoms with Crippen molar-refractivity contribution in [2.75, 3.05) is 0 Å². The number of carbonyl (C=O) groups excluding carboxylic acids is 1. The Morgan fingerprint density at radius 2 is 2.00 bits per heavy atom. The van der Waals surface area contributed by atoms with Gasteiger partial charge in [0.1, 0.15) is 0 Å². The molecule has 0 unspecified atom stereocenters. The molecule has 8 heteroatoms. The van der Waals surface area contributed by atoms with E-state index in [-0.39, 0.29) is 10.8 Å². The predicted octanol–water partition coefficient (Wildman–Crippen LogP) is 1.31. The summed E-state index contributed by atoms with van der Waals surface area (Å²) >= 11 is 5.52. The van der Waals surface area contributed by atoms with Gasteiger partial charge >= 0.3 is 12.1 Å². The lowest BCUT2D eigenvalue weighted by Crippen LogP contribution is -2.36. The summed E-state index contributed by atoms with van der Waals surface area (Å²) in [5, 5.41) is 1.59. The quantitative estimate of drug-likeness (QED) is 0.847. The summed E-state index contributed by atoms with van der Waals surface area (Å²) in [7, 11) is 0. The SMILES string of the molecule is O=C(NCc1nccnc1Cl)C(F)(F)F. The van der Waals surface area contributed by atoms with Gasteiger partial charge in [0.15, 0.2) is 5.15 Å². The lowest BCUT2D eigenvalue weighted by Gasteiger charge is -2.07. The van der Waals surface area contributed by atoms with E-state index in [1.165, 1.54) is 12.4 Å². The second kappa shape index (κ2) is 4.43. The number of amides is 1. The van der Waals surface area contributed by atoms with Crippen LogP contribution in [0.15, 0.2) is 12.4 Å². The first-order chi connectivity index (χ1) is 6.91. The van der Waals surface area contributed by atoms with Crippen LogP contribution in [0.2, 0.25) is 5.15 Å². The van der Waals surface area contributed by atoms with Crippen molar-refractivity contribution < 1.29 is 18.0 Å². The van der Waals surface area contributed by atoms with E-state index in [1.54, 1.807) is 5.32 Å². The molecule has 0 radical (unpaired) electrons. The van der Waals surface area contributed by atoms with Crippen LogP contribution in [0.25, 0.3) is 0 Å². The zero-order valence-corrected chi connectivity index (χ0v) is 7.93. The third kappa shape index (κ3) is 3.35. The Hall–Kier alpha value is -1.37. The van der Waals surface area contributed by atoms with E-state index in [2.05, 4.69) is 9.97 Å². The van der Waals surface area contributed by atoms with Gasteiger partial charge in [0.05, 0.1) is 12.2 Å². The molecule has 15 heavy (non-hydrogen) atoms. The van der Waals surface area contributed by atoms with Gasteiger partial charge in [0, 0.05) is 12.4 Å². The molecule has 1 N–H and O–H groups in total. The highest BCUT2D eigenvalue weighted by molar-refractivity contribution is 6.29. The highest BCUT2D eigenvalue weighted by atomic mass is 35.5. The lowest BCUT2D eigenvalue weighted by molar-refractivity contribution is -0.173. The molecule has 1 aromatic heterocycles. The third-order valence-electron chi connectivity index (χ3n) is 1.40. The van der Waals surface area contributed by atoms with Crippen LogP contribution >= 0.6 is 11.6 Å². The van der Waals surface area contributed by atoms with E-state index in [0.29, 0.717) is 0 Å². The van der Waals surface area contributed by atoms with Crippen molar-refractivity contribution >= 4 is 17.5 Å². The Morgan fingerprint density at radius 1 is 1.40 bits per heavy atom. The Kier molecular flexibility index (Phi) is 3.46. The van der Waals surface area contributed by atoms with Crippen molar-refractivity contribution in [3.05, 3.63) is 23.2 Å². The molecule has 0 spiro atoms. The molecule has 4 nitrogen and oxygen atoms in total. The fourth-order valence-electron chi connectivity index (χ4n) is 0.733. The first-order valence-corrected chi connectivity index (χ1v) is 4.09. The minimum Gasteiger partial charge on any atom is -0.343 e. The first kappa shape index (κ1) is 11.7. The average Bonchev–Trinajstić information content (AvgIpc) is 2.14. The molecule has 0 atom stereocenters. The molecular weight excluding hydrogens is 235 g/mol. The van der Waals surface area contributed by atoms with Crippen LogP contribution in [-0.4, -0.2) is 22.1 Å². The maximum atomic E-state index is 11.8. The molecule has 82 valence electrons. The maximum Gasteiger partial charge on any atom is 0.471 e. The van der Waals surface area contributed by atoms with Crippen molar-refractivity contribution in [2.24, 2.45) is 0 Å². The van der Waals surface area contributed by atoms with Gasteiger partial charge in [-0.15, -0.1) is 0 Å². The highest BCUT2D eigenvalue weighted by Crippen LogP contribution is 2.15. The Labute approximate surface area is 87.5 Å². The van der Waals surface area contributed by atoms with Gasteiger partial charge in [-0.1, -0.05) is 11.6 Å². The van der Waals surface area contributed by atoms with Crippen molar-refractivity contribution in [1.29, 1.82) is 0 Å². The summed E-state index contributed by atoms with van der Waals surface area (Å²) in [6, 6.07) is 0. The molecule has 0 saturated heterocycles. The molecule has 0 aromatic carbocycles. The van der Waals surface area contributed by atoms with Gasteiger partial charge in [-0.25, -0.2) is 4.98 Å². The number of carbonyl (C=O) groups is 1. The van der Waals surface area contributed by atoms with Crippen LogP contribution in [0.5, 0.6) is 0 Å². The zero-order chi connectivity index (χ0) is 11.5. The van der Waals surface area contributed by atoms with Crippen molar-refractivity contribution in [2.45, 2.75) is 12.7 Å². The van der Waals surface area contributed by atoms with Crippen molar-refractivity contribution in [1.82, 2.24) is 15.3 Å². The smallest absolute Gasteiger partial charge is 0.343 e. The molecule has 0 aliphatic rings. The molecule has 1 amide bonds. The maximum absolute atomic E-state index is 11.8. The summed E-state index contributed by atoms with van der Waals surface area (Å²) in [4.78, 5) is 17.7. The van der Waals surface area contributed by atoms with E-state index in [9.17, 15) is 18.0 Å². The topological polar surface area (TPSA) is 54.9 Å². The largest absolute Gasteiger partial charge is 0.471 e. The molecule has 0 aliphatic carbocycles. The van der Waals surface area contributed by atoms with Crippen molar-refractivity contribution in [3.8, 4) is 0 Å². The van der Waals surface area contributed by atoms with Gasteiger partial charge in [-0.3, -0.25) is 9.78 Å². The molecule has 1 rings (SSSR count). The van der Waals surface area contributed by atoms with Crippen LogP contribution in [0.4, 0.5) is 13.2 Å². The van der Waals surface area contributed by atoms with Crippen LogP contribution in [0, 0.1) is 0 Å². The monoisotopic (exact) mass is 239 g/mol. The number of alkyl halides is 3. The molecular formula is C7H5ClF3N3O. The summed E-state index contributed by atoms with van der Waals surface area (Å²) in [5.41, 5.74) is 0.0803. The van der Waals surface area contributed by atoms with Crippen LogP contribution in [0.3, 0.4) is 0 Å². The van der Waals surface area contributed by atoms with Gasteiger partial charge in [0.25, 0.3) is 0 Å². The van der Waals surface area contributed by atoms with E-state index < -0.39 is 18.6 Å². The van der Waals surface area contributed by atoms with Crippen LogP contribution in [-0.2, 0) is 11.3 Å². The van der Waals surface area contributed by atoms with Gasteiger partial charge < -0.3 is 5.32 Å². The fourth-order valence-corrected chi connectivity index (χ4v) is 0.905. The van der Waals surface area contributed by atoms with Crippen molar-refractivity contribution in [3.63, 3.8) is 0 Å². The predicted molar refractivity (Wildman–Crippen MR) is 44.9 cm³/mol. The van der Waals surface area contributed by atoms with E-state index in [4.69, 9.17) is 11.6 Å². The van der Waals surface area contributed by atoms with Crippen LogP contribution in [0.1, 0.15) is 5.69 Å². The van der Waals surface area contributed by atoms with E-state index in [1.807, 2.05) is 0 Å². The van der Waals surface area contributed by atoms with Gasteiger partial charge in [-0.2, -0.15) is 13.2 Å². The molecule has 1 aromatic rings. The Morgan fingerprint density at radius 3 is 2.53 bits per heavy atom. The molecule has 1 heterocycles. The van der Waals surface area contributed by atoms with Gasteiger partial charge in [0.2, 0.25) is 0 Å². The first-order valence-electron chi connectivity index (χ1n) is 3.71. The minimum atomic E-state index is -4.91. The molecule has 0 aliphatic heterocycles. The summed E-state index contributed by atoms with van der Waals surface area (Å²) in [6.07, 6.45) is -2.35. The van der Waals surface area contributed by atoms with E-state index >= 15 is 0 Å². The number of hydrogen-bond donors (Lipinski definition) is 1. The summed E-state index contributed by atoms with van der Waals surface area (Å²) in [5.74, 6) is -2.04. The summed E-state index contributed by atoms with van der Waals surface area (Å²) in [6.45, 7) is -0.412. The average molecular weight is 240 g/mol. The standard InChI is InChI=1S/C7H5ClF3N3O/c8-5-4(12-1-2-13-5)3-14-6(15)7(9,10)11/h1-2H,3H2,(H,14,15). The van der Waals surface area contributed by atoms with E-state index in [0.717, 1.165) is 0 Å². The molecule has 0 saturated carbocycles. The number of nitrogens with one attached hydrogen (secondary N) is 1. The lowest BCUT2D eigenvalue weighted by atomic mass is 10.4. The molecule has 0 fully saturated rings. The number of hydrogen-bond acceptors (Lipinski definition) is 3. The number of nitrogens with zero attached hydrogens (tertiary/aromatic N) is 2. The number of aromatic nitrogens is 2.